The largest absolute Gasteiger partial charge is 0.493 e. The highest BCUT2D eigenvalue weighted by atomic mass is 35.5. The second-order valence-electron chi connectivity index (χ2n) is 6.60. The van der Waals surface area contributed by atoms with Crippen molar-refractivity contribution in [2.45, 2.75) is 13.5 Å². The lowest BCUT2D eigenvalue weighted by molar-refractivity contribution is -0.145. The van der Waals surface area contributed by atoms with Gasteiger partial charge in [0.15, 0.2) is 18.1 Å². The fourth-order valence-electron chi connectivity index (χ4n) is 2.93. The van der Waals surface area contributed by atoms with Crippen LogP contribution in [0.5, 0.6) is 11.5 Å². The van der Waals surface area contributed by atoms with E-state index in [1.165, 1.54) is 19.3 Å². The Labute approximate surface area is 209 Å². The van der Waals surface area contributed by atoms with Gasteiger partial charge in [-0.25, -0.2) is 4.79 Å². The topological polar surface area (TPSA) is 82.1 Å². The second kappa shape index (κ2) is 11.2. The maximum Gasteiger partial charge on any atom is 0.344 e. The summed E-state index contributed by atoms with van der Waals surface area (Å²) < 4.78 is 15.6. The first-order valence-electron chi connectivity index (χ1n) is 9.59. The number of nitrogens with zero attached hydrogens (tertiary/aromatic N) is 1. The lowest BCUT2D eigenvalue weighted by atomic mass is 10.1. The average molecular weight is 531 g/mol. The van der Waals surface area contributed by atoms with Gasteiger partial charge in [-0.15, -0.1) is 0 Å². The number of ether oxygens (including phenoxy) is 3. The van der Waals surface area contributed by atoms with Gasteiger partial charge in [0.25, 0.3) is 11.1 Å². The Bertz CT molecular complexity index is 1120. The molecule has 0 spiro atoms. The van der Waals surface area contributed by atoms with Crippen molar-refractivity contribution >= 4 is 69.8 Å². The quantitative estimate of drug-likeness (QED) is 0.313. The van der Waals surface area contributed by atoms with Crippen LogP contribution in [0, 0.1) is 0 Å². The molecular formula is C22H18Cl3NO6S. The van der Waals surface area contributed by atoms with Gasteiger partial charge in [-0.1, -0.05) is 40.9 Å². The molecule has 33 heavy (non-hydrogen) atoms. The van der Waals surface area contributed by atoms with Gasteiger partial charge in [0.2, 0.25) is 0 Å². The molecule has 0 N–H and O–H groups in total. The third kappa shape index (κ3) is 5.95. The molecule has 11 heteroatoms. The maximum absolute atomic E-state index is 12.9. The molecular weight excluding hydrogens is 513 g/mol. The number of hydrogen-bond donors (Lipinski definition) is 0. The molecule has 2 aromatic rings. The number of benzene rings is 2. The lowest BCUT2D eigenvalue weighted by Gasteiger charge is -2.15. The van der Waals surface area contributed by atoms with Gasteiger partial charge in [0.05, 0.1) is 30.2 Å². The van der Waals surface area contributed by atoms with Crippen LogP contribution in [0.4, 0.5) is 4.79 Å². The zero-order chi connectivity index (χ0) is 24.1. The Balaban J connectivity index is 1.83. The molecule has 1 fully saturated rings. The van der Waals surface area contributed by atoms with E-state index in [0.717, 1.165) is 16.7 Å². The fourth-order valence-corrected chi connectivity index (χ4v) is 4.56. The summed E-state index contributed by atoms with van der Waals surface area (Å²) in [6.45, 7) is 1.52. The smallest absolute Gasteiger partial charge is 0.344 e. The number of imide groups is 1. The van der Waals surface area contributed by atoms with Crippen LogP contribution in [0.25, 0.3) is 6.08 Å². The normalized spacial score (nSPS) is 14.7. The van der Waals surface area contributed by atoms with Gasteiger partial charge in [-0.05, 0) is 54.6 Å². The number of carbonyl (C=O) groups is 3. The molecule has 0 aromatic heterocycles. The van der Waals surface area contributed by atoms with Gasteiger partial charge in [0, 0.05) is 15.6 Å². The fraction of sp³-hybridized carbons (Fsp3) is 0.227. The summed E-state index contributed by atoms with van der Waals surface area (Å²) >= 11 is 19.4. The molecule has 2 aromatic carbocycles. The number of hydrogen-bond acceptors (Lipinski definition) is 7. The van der Waals surface area contributed by atoms with Crippen molar-refractivity contribution in [2.75, 3.05) is 20.3 Å². The molecule has 174 valence electrons. The molecule has 7 nitrogen and oxygen atoms in total. The molecule has 0 atom stereocenters. The van der Waals surface area contributed by atoms with Crippen LogP contribution in [0.2, 0.25) is 15.1 Å². The molecule has 2 amide bonds. The Morgan fingerprint density at radius 2 is 1.82 bits per heavy atom. The zero-order valence-corrected chi connectivity index (χ0v) is 20.6. The van der Waals surface area contributed by atoms with E-state index in [1.807, 2.05) is 0 Å². The minimum absolute atomic E-state index is 0.0504. The summed E-state index contributed by atoms with van der Waals surface area (Å²) in [5.41, 5.74) is 0.985. The van der Waals surface area contributed by atoms with Crippen molar-refractivity contribution in [3.8, 4) is 11.5 Å². The molecule has 1 aliphatic rings. The summed E-state index contributed by atoms with van der Waals surface area (Å²) in [5.74, 6) is -0.628. The van der Waals surface area contributed by atoms with Crippen LogP contribution in [-0.2, 0) is 20.9 Å². The molecule has 0 radical (unpaired) electrons. The Morgan fingerprint density at radius 1 is 1.12 bits per heavy atom. The van der Waals surface area contributed by atoms with Gasteiger partial charge in [-0.3, -0.25) is 14.5 Å². The maximum atomic E-state index is 12.9. The van der Waals surface area contributed by atoms with E-state index >= 15 is 0 Å². The number of methoxy groups -OCH3 is 1. The lowest BCUT2D eigenvalue weighted by Crippen LogP contribution is -2.27. The molecule has 0 unspecified atom stereocenters. The van der Waals surface area contributed by atoms with Gasteiger partial charge >= 0.3 is 5.97 Å². The first kappa shape index (κ1) is 25.2. The number of amides is 2. The van der Waals surface area contributed by atoms with Crippen molar-refractivity contribution in [1.82, 2.24) is 4.90 Å². The van der Waals surface area contributed by atoms with Gasteiger partial charge < -0.3 is 14.2 Å². The van der Waals surface area contributed by atoms with E-state index in [2.05, 4.69) is 0 Å². The first-order valence-corrected chi connectivity index (χ1v) is 11.5. The molecule has 1 saturated heterocycles. The number of rotatable bonds is 8. The second-order valence-corrected chi connectivity index (χ2v) is 8.81. The third-order valence-electron chi connectivity index (χ3n) is 4.44. The van der Waals surface area contributed by atoms with E-state index in [-0.39, 0.29) is 41.2 Å². The Kier molecular flexibility index (Phi) is 8.53. The molecule has 0 saturated carbocycles. The average Bonchev–Trinajstić information content (AvgIpc) is 3.02. The van der Waals surface area contributed by atoms with Gasteiger partial charge in [-0.2, -0.15) is 0 Å². The summed E-state index contributed by atoms with van der Waals surface area (Å²) in [4.78, 5) is 38.2. The number of esters is 1. The Morgan fingerprint density at radius 3 is 2.45 bits per heavy atom. The number of thioether (sulfide) groups is 1. The van der Waals surface area contributed by atoms with E-state index in [1.54, 1.807) is 31.2 Å². The first-order chi connectivity index (χ1) is 15.7. The van der Waals surface area contributed by atoms with E-state index in [9.17, 15) is 14.4 Å². The van der Waals surface area contributed by atoms with E-state index < -0.39 is 17.1 Å². The summed E-state index contributed by atoms with van der Waals surface area (Å²) in [7, 11) is 1.41. The van der Waals surface area contributed by atoms with Crippen LogP contribution in [0.15, 0.2) is 35.2 Å². The SMILES string of the molecule is CCOC(=O)COc1c(Cl)cc(C=C2SC(=O)N(Cc3c(Cl)cccc3Cl)C2=O)cc1OC. The predicted molar refractivity (Wildman–Crippen MR) is 128 cm³/mol. The highest BCUT2D eigenvalue weighted by Gasteiger charge is 2.35. The zero-order valence-electron chi connectivity index (χ0n) is 17.5. The van der Waals surface area contributed by atoms with Crippen LogP contribution in [0.3, 0.4) is 0 Å². The van der Waals surface area contributed by atoms with Crippen LogP contribution >= 0.6 is 46.6 Å². The molecule has 3 rings (SSSR count). The van der Waals surface area contributed by atoms with E-state index in [0.29, 0.717) is 21.2 Å². The molecule has 1 heterocycles. The monoisotopic (exact) mass is 529 g/mol. The molecule has 1 aliphatic heterocycles. The minimum Gasteiger partial charge on any atom is -0.493 e. The van der Waals surface area contributed by atoms with Crippen molar-refractivity contribution in [3.63, 3.8) is 0 Å². The summed E-state index contributed by atoms with van der Waals surface area (Å²) in [6, 6.07) is 8.06. The third-order valence-corrected chi connectivity index (χ3v) is 6.34. The number of carbonyl (C=O) groups excluding carboxylic acids is 3. The highest BCUT2D eigenvalue weighted by Crippen LogP contribution is 2.39. The summed E-state index contributed by atoms with van der Waals surface area (Å²) in [6.07, 6.45) is 1.52. The van der Waals surface area contributed by atoms with Crippen LogP contribution in [-0.4, -0.2) is 42.3 Å². The molecule has 0 aliphatic carbocycles. The van der Waals surface area contributed by atoms with Crippen molar-refractivity contribution in [3.05, 3.63) is 61.4 Å². The standard InChI is InChI=1S/C22H18Cl3NO6S/c1-3-31-19(27)11-32-20-16(25)7-12(8-17(20)30-2)9-18-21(28)26(22(29)33-18)10-13-14(23)5-4-6-15(13)24/h4-9H,3,10-11H2,1-2H3. The Hall–Kier alpha value is -2.39. The predicted octanol–water partition coefficient (Wildman–Crippen LogP) is 5.83. The summed E-state index contributed by atoms with van der Waals surface area (Å²) in [5, 5.41) is 0.433. The minimum atomic E-state index is -0.549. The van der Waals surface area contributed by atoms with Crippen LogP contribution in [0.1, 0.15) is 18.1 Å². The van der Waals surface area contributed by atoms with Crippen LogP contribution < -0.4 is 9.47 Å². The highest BCUT2D eigenvalue weighted by molar-refractivity contribution is 8.18. The van der Waals surface area contributed by atoms with Crippen molar-refractivity contribution in [1.29, 1.82) is 0 Å². The van der Waals surface area contributed by atoms with Gasteiger partial charge in [0.1, 0.15) is 0 Å². The molecule has 0 bridgehead atoms. The van der Waals surface area contributed by atoms with Crippen molar-refractivity contribution < 1.29 is 28.6 Å². The number of halogens is 3. The van der Waals surface area contributed by atoms with Crippen molar-refractivity contribution in [2.24, 2.45) is 0 Å². The van der Waals surface area contributed by atoms with E-state index in [4.69, 9.17) is 49.0 Å².